The predicted octanol–water partition coefficient (Wildman–Crippen LogP) is 2.73. The van der Waals surface area contributed by atoms with Crippen LogP contribution in [0.1, 0.15) is 79.1 Å². The summed E-state index contributed by atoms with van der Waals surface area (Å²) in [6.45, 7) is 10.2. The maximum absolute atomic E-state index is 12.7. The molecule has 3 fully saturated rings. The summed E-state index contributed by atoms with van der Waals surface area (Å²) in [5, 5.41) is 92.9. The molecular weight excluding hydrogens is 941 g/mol. The summed E-state index contributed by atoms with van der Waals surface area (Å²) >= 11 is 0. The Morgan fingerprint density at radius 2 is 1.36 bits per heavy atom. The number of ether oxygens (including phenoxy) is 7. The number of amides is 2. The first-order valence-electron chi connectivity index (χ1n) is 24.6. The Labute approximate surface area is 422 Å². The van der Waals surface area contributed by atoms with Gasteiger partial charge in [-0.1, -0.05) is 112 Å². The minimum Gasteiger partial charge on any atom is -0.462 e. The Bertz CT molecular complexity index is 1920. The van der Waals surface area contributed by atoms with Gasteiger partial charge in [-0.25, -0.2) is 9.59 Å². The first-order chi connectivity index (χ1) is 34.3. The molecule has 0 radical (unpaired) electrons. The number of cyclic esters (lactones) is 1. The fraction of sp³-hybridized carbons (Fsp3) is 0.635. The second-order valence-electron chi connectivity index (χ2n) is 18.9. The molecule has 0 saturated carbocycles. The molecule has 72 heavy (non-hydrogen) atoms. The molecule has 4 aliphatic heterocycles. The van der Waals surface area contributed by atoms with Crippen molar-refractivity contribution < 1.29 is 88.4 Å². The largest absolute Gasteiger partial charge is 0.462 e. The standard InChI is InChI=1S/C52H78N2O18/c1-7-24-67-50(64)54-45-47(62)34(5)69-49(48(45)63)70-38-21-19-17-15-13-11-9-8-10-12-14-16-18-20-31(2)46(61)32(3)33(4)68-43(60)27-36(56)25-35(55)22-23-39(58)40(59)26-37(57)29-52(66-6)30-42-44(41(28-38)72-52)53-51(65)71-42/h7-21,31-42,44-49,55-59,61-63H,1,22-30H2,2-6H3,(H,53,65)(H,54,64)/b9-8+,12-10+,13-11+,16-14+,17-15+,20-18+,21-19+. The molecule has 2 amide bonds. The number of hydrogen-bond acceptors (Lipinski definition) is 18. The smallest absolute Gasteiger partial charge is 0.407 e. The molecule has 0 aromatic heterocycles. The number of rotatable bonds is 6. The van der Waals surface area contributed by atoms with Gasteiger partial charge in [-0.15, -0.1) is 0 Å². The van der Waals surface area contributed by atoms with E-state index in [2.05, 4.69) is 17.2 Å². The average Bonchev–Trinajstić information content (AvgIpc) is 3.71. The molecule has 4 aliphatic rings. The zero-order valence-electron chi connectivity index (χ0n) is 41.8. The normalized spacial score (nSPS) is 42.6. The monoisotopic (exact) mass is 1020 g/mol. The molecule has 0 aromatic carbocycles. The molecular formula is C52H78N2O18. The number of aliphatic hydroxyl groups excluding tert-OH is 8. The Morgan fingerprint density at radius 1 is 0.736 bits per heavy atom. The minimum absolute atomic E-state index is 0.0344. The van der Waals surface area contributed by atoms with E-state index in [1.54, 1.807) is 56.4 Å². The number of allylic oxidation sites excluding steroid dienone is 12. The van der Waals surface area contributed by atoms with Gasteiger partial charge in [0.05, 0.1) is 73.4 Å². The second-order valence-corrected chi connectivity index (χ2v) is 18.9. The summed E-state index contributed by atoms with van der Waals surface area (Å²) in [6.07, 6.45) is 7.01. The van der Waals surface area contributed by atoms with Gasteiger partial charge in [-0.2, -0.15) is 0 Å². The van der Waals surface area contributed by atoms with Crippen LogP contribution in [-0.4, -0.2) is 176 Å². The number of esters is 1. The summed E-state index contributed by atoms with van der Waals surface area (Å²) in [4.78, 5) is 37.9. The average molecular weight is 1020 g/mol. The van der Waals surface area contributed by atoms with Crippen LogP contribution in [0, 0.1) is 11.8 Å². The SMILES string of the molecule is C=CCOC(=O)NC1C(O)C(C)OC(OC2/C=C/C=C/C=C/C=C/C=C/C=C/C=C/C(C)C(O)C(C)C(C)OC(=O)CC(O)CC(O)CCC(O)C(O)CC(O)CC3(OC)CC4OC(=O)NC4C(C2)O3)C1O. The Kier molecular flexibility index (Phi) is 25.0. The zero-order valence-corrected chi connectivity index (χ0v) is 41.8. The van der Waals surface area contributed by atoms with E-state index in [9.17, 15) is 55.2 Å². The molecule has 0 aromatic rings. The van der Waals surface area contributed by atoms with Crippen molar-refractivity contribution in [1.29, 1.82) is 0 Å². The van der Waals surface area contributed by atoms with Crippen LogP contribution in [-0.2, 0) is 38.0 Å². The lowest BCUT2D eigenvalue weighted by Crippen LogP contribution is -2.64. The van der Waals surface area contributed by atoms with Gasteiger partial charge in [0.1, 0.15) is 31.0 Å². The molecule has 19 unspecified atom stereocenters. The molecule has 4 rings (SSSR count). The van der Waals surface area contributed by atoms with E-state index in [0.717, 1.165) is 0 Å². The topological polar surface area (TPSA) is 302 Å². The quantitative estimate of drug-likeness (QED) is 0.104. The summed E-state index contributed by atoms with van der Waals surface area (Å²) in [7, 11) is 1.35. The highest BCUT2D eigenvalue weighted by molar-refractivity contribution is 5.71. The number of alkyl carbamates (subject to hydrolysis) is 2. The maximum Gasteiger partial charge on any atom is 0.407 e. The van der Waals surface area contributed by atoms with Crippen LogP contribution in [0.5, 0.6) is 0 Å². The Morgan fingerprint density at radius 3 is 1.99 bits per heavy atom. The van der Waals surface area contributed by atoms with Crippen LogP contribution in [0.2, 0.25) is 0 Å². The van der Waals surface area contributed by atoms with Gasteiger partial charge in [0, 0.05) is 44.6 Å². The van der Waals surface area contributed by atoms with Crippen LogP contribution in [0.25, 0.3) is 0 Å². The first-order valence-corrected chi connectivity index (χ1v) is 24.6. The number of fused-ring (bicyclic) bond motifs is 4. The third-order valence-corrected chi connectivity index (χ3v) is 13.2. The number of hydrogen-bond donors (Lipinski definition) is 10. The van der Waals surface area contributed by atoms with E-state index in [4.69, 9.17) is 33.2 Å². The maximum atomic E-state index is 12.7. The van der Waals surface area contributed by atoms with Gasteiger partial charge < -0.3 is 84.6 Å². The van der Waals surface area contributed by atoms with Crippen molar-refractivity contribution in [2.45, 2.75) is 183 Å². The van der Waals surface area contributed by atoms with Gasteiger partial charge in [-0.05, 0) is 33.1 Å². The van der Waals surface area contributed by atoms with E-state index in [-0.39, 0.29) is 57.5 Å². The molecule has 10 N–H and O–H groups in total. The van der Waals surface area contributed by atoms with Crippen LogP contribution in [0.4, 0.5) is 9.59 Å². The van der Waals surface area contributed by atoms with Gasteiger partial charge >= 0.3 is 18.2 Å². The van der Waals surface area contributed by atoms with Crippen LogP contribution < -0.4 is 10.6 Å². The minimum atomic E-state index is -1.60. The molecule has 19 atom stereocenters. The van der Waals surface area contributed by atoms with Crippen molar-refractivity contribution in [3.05, 3.63) is 97.7 Å². The van der Waals surface area contributed by atoms with Crippen molar-refractivity contribution in [3.63, 3.8) is 0 Å². The molecule has 20 nitrogen and oxygen atoms in total. The lowest BCUT2D eigenvalue weighted by atomic mass is 9.87. The molecule has 0 aliphatic carbocycles. The summed E-state index contributed by atoms with van der Waals surface area (Å²) in [5.74, 6) is -3.04. The fourth-order valence-electron chi connectivity index (χ4n) is 8.88. The zero-order chi connectivity index (χ0) is 53.0. The van der Waals surface area contributed by atoms with E-state index in [1.807, 2.05) is 49.5 Å². The van der Waals surface area contributed by atoms with E-state index < -0.39 is 134 Å². The van der Waals surface area contributed by atoms with E-state index in [0.29, 0.717) is 0 Å². The molecule has 0 spiro atoms. The summed E-state index contributed by atoms with van der Waals surface area (Å²) in [6, 6.07) is -2.01. The van der Waals surface area contributed by atoms with E-state index in [1.165, 1.54) is 20.1 Å². The molecule has 404 valence electrons. The van der Waals surface area contributed by atoms with Gasteiger partial charge in [0.15, 0.2) is 12.1 Å². The number of nitrogens with one attached hydrogen (secondary N) is 2. The highest BCUT2D eigenvalue weighted by Gasteiger charge is 2.54. The number of carbonyl (C=O) groups excluding carboxylic acids is 3. The van der Waals surface area contributed by atoms with Gasteiger partial charge in [0.25, 0.3) is 0 Å². The highest BCUT2D eigenvalue weighted by Crippen LogP contribution is 2.40. The van der Waals surface area contributed by atoms with Crippen molar-refractivity contribution >= 4 is 18.2 Å². The fourth-order valence-corrected chi connectivity index (χ4v) is 8.88. The van der Waals surface area contributed by atoms with Crippen molar-refractivity contribution in [1.82, 2.24) is 10.6 Å². The number of carbonyl (C=O) groups is 3. The third-order valence-electron chi connectivity index (χ3n) is 13.2. The first kappa shape index (κ1) is 60.0. The molecule has 20 heteroatoms. The van der Waals surface area contributed by atoms with Crippen molar-refractivity contribution in [2.24, 2.45) is 11.8 Å². The Hall–Kier alpha value is -4.55. The molecule has 2 bridgehead atoms. The van der Waals surface area contributed by atoms with E-state index >= 15 is 0 Å². The predicted molar refractivity (Wildman–Crippen MR) is 262 cm³/mol. The summed E-state index contributed by atoms with van der Waals surface area (Å²) in [5.41, 5.74) is 0. The lowest BCUT2D eigenvalue weighted by Gasteiger charge is -2.46. The number of aliphatic hydroxyl groups is 8. The van der Waals surface area contributed by atoms with Gasteiger partial charge in [0.2, 0.25) is 0 Å². The van der Waals surface area contributed by atoms with Gasteiger partial charge in [-0.3, -0.25) is 4.79 Å². The van der Waals surface area contributed by atoms with Crippen molar-refractivity contribution in [3.8, 4) is 0 Å². The Balaban J connectivity index is 1.59. The lowest BCUT2D eigenvalue weighted by molar-refractivity contribution is -0.307. The summed E-state index contributed by atoms with van der Waals surface area (Å²) < 4.78 is 40.9. The van der Waals surface area contributed by atoms with Crippen LogP contribution >= 0.6 is 0 Å². The molecule has 4 heterocycles. The highest BCUT2D eigenvalue weighted by atomic mass is 16.7. The third kappa shape index (κ3) is 19.1. The van der Waals surface area contributed by atoms with Crippen LogP contribution in [0.15, 0.2) is 97.7 Å². The number of methoxy groups -OCH3 is 1. The molecule has 3 saturated heterocycles. The van der Waals surface area contributed by atoms with Crippen molar-refractivity contribution in [2.75, 3.05) is 13.7 Å². The van der Waals surface area contributed by atoms with Crippen LogP contribution in [0.3, 0.4) is 0 Å². The second kappa shape index (κ2) is 30.0.